The van der Waals surface area contributed by atoms with E-state index in [-0.39, 0.29) is 17.3 Å². The van der Waals surface area contributed by atoms with Crippen LogP contribution in [0.1, 0.15) is 34.3 Å². The molecule has 3 aromatic carbocycles. The Hall–Kier alpha value is -4.59. The summed E-state index contributed by atoms with van der Waals surface area (Å²) in [6.45, 7) is 5.50. The number of aromatic nitrogens is 2. The maximum atomic E-state index is 13.8. The Morgan fingerprint density at radius 3 is 2.42 bits per heavy atom. The summed E-state index contributed by atoms with van der Waals surface area (Å²) in [6.07, 6.45) is 3.56. The fourth-order valence-corrected chi connectivity index (χ4v) is 4.47. The van der Waals surface area contributed by atoms with Gasteiger partial charge in [-0.15, -0.1) is 0 Å². The fraction of sp³-hybridized carbons (Fsp3) is 0.233. The van der Waals surface area contributed by atoms with Crippen molar-refractivity contribution in [2.45, 2.75) is 26.7 Å². The van der Waals surface area contributed by atoms with Crippen molar-refractivity contribution in [3.8, 4) is 22.9 Å². The third kappa shape index (κ3) is 5.11. The van der Waals surface area contributed by atoms with Gasteiger partial charge in [0.25, 0.3) is 11.5 Å². The fourth-order valence-electron chi connectivity index (χ4n) is 4.47. The van der Waals surface area contributed by atoms with Crippen LogP contribution in [0.2, 0.25) is 0 Å². The van der Waals surface area contributed by atoms with Crippen molar-refractivity contribution < 1.29 is 14.3 Å². The minimum atomic E-state index is -0.394. The van der Waals surface area contributed by atoms with Gasteiger partial charge in [0, 0.05) is 24.3 Å². The van der Waals surface area contributed by atoms with Gasteiger partial charge in [-0.05, 0) is 86.3 Å². The van der Waals surface area contributed by atoms with E-state index in [1.165, 1.54) is 10.9 Å². The first-order valence-electron chi connectivity index (χ1n) is 12.6. The molecule has 4 aromatic rings. The van der Waals surface area contributed by atoms with Crippen molar-refractivity contribution in [2.24, 2.45) is 0 Å². The Kier molecular flexibility index (Phi) is 7.13. The lowest BCUT2D eigenvalue weighted by atomic mass is 10.1. The molecule has 0 spiro atoms. The smallest absolute Gasteiger partial charge is 0.299 e. The maximum absolute atomic E-state index is 13.8. The second-order valence-corrected chi connectivity index (χ2v) is 9.30. The van der Waals surface area contributed by atoms with Gasteiger partial charge < -0.3 is 19.7 Å². The molecule has 2 heterocycles. The monoisotopic (exact) mass is 510 g/mol. The lowest BCUT2D eigenvalue weighted by Crippen LogP contribution is -2.27. The van der Waals surface area contributed by atoms with Crippen LogP contribution in [0.5, 0.6) is 17.2 Å². The molecule has 1 fully saturated rings. The molecule has 0 aliphatic carbocycles. The minimum Gasteiger partial charge on any atom is -0.497 e. The maximum Gasteiger partial charge on any atom is 0.299 e. The predicted octanol–water partition coefficient (Wildman–Crippen LogP) is 5.63. The molecule has 194 valence electrons. The molecule has 0 saturated carbocycles. The van der Waals surface area contributed by atoms with Gasteiger partial charge in [0.15, 0.2) is 11.4 Å². The standard InChI is InChI=1S/C30H30N4O4/c1-20-8-6-11-26(21(20)2)38-27-19-31-34(24-12-14-25(37-3)15-13-24)30(36)28(27)32-23-10-7-9-22(18-23)29(35)33-16-4-5-17-33/h6-15,18-19,32H,4-5,16-17H2,1-3H3. The van der Waals surface area contributed by atoms with Gasteiger partial charge in [-0.1, -0.05) is 18.2 Å². The Morgan fingerprint density at radius 1 is 0.947 bits per heavy atom. The molecular weight excluding hydrogens is 480 g/mol. The van der Waals surface area contributed by atoms with E-state index in [4.69, 9.17) is 9.47 Å². The SMILES string of the molecule is COc1ccc(-n2ncc(Oc3cccc(C)c3C)c(Nc3cccc(C(=O)N4CCCC4)c3)c2=O)cc1. The summed E-state index contributed by atoms with van der Waals surface area (Å²) in [5, 5.41) is 7.61. The second kappa shape index (κ2) is 10.8. The quantitative estimate of drug-likeness (QED) is 0.347. The summed E-state index contributed by atoms with van der Waals surface area (Å²) in [7, 11) is 1.59. The first-order chi connectivity index (χ1) is 18.4. The molecule has 8 heteroatoms. The summed E-state index contributed by atoms with van der Waals surface area (Å²) < 4.78 is 12.8. The highest BCUT2D eigenvalue weighted by atomic mass is 16.5. The first-order valence-corrected chi connectivity index (χ1v) is 12.6. The number of carbonyl (C=O) groups excluding carboxylic acids is 1. The van der Waals surface area contributed by atoms with Gasteiger partial charge in [0.05, 0.1) is 19.0 Å². The van der Waals surface area contributed by atoms with Crippen molar-refractivity contribution in [2.75, 3.05) is 25.5 Å². The second-order valence-electron chi connectivity index (χ2n) is 9.30. The van der Waals surface area contributed by atoms with Gasteiger partial charge >= 0.3 is 0 Å². The van der Waals surface area contributed by atoms with E-state index < -0.39 is 5.56 Å². The molecule has 1 saturated heterocycles. The molecule has 0 unspecified atom stereocenters. The average molecular weight is 511 g/mol. The van der Waals surface area contributed by atoms with Gasteiger partial charge in [-0.2, -0.15) is 9.78 Å². The van der Waals surface area contributed by atoms with Crippen LogP contribution in [-0.2, 0) is 0 Å². The van der Waals surface area contributed by atoms with Crippen molar-refractivity contribution in [1.29, 1.82) is 0 Å². The van der Waals surface area contributed by atoms with Gasteiger partial charge in [-0.3, -0.25) is 9.59 Å². The lowest BCUT2D eigenvalue weighted by molar-refractivity contribution is 0.0793. The number of nitrogens with zero attached hydrogens (tertiary/aromatic N) is 3. The van der Waals surface area contributed by atoms with Crippen LogP contribution in [0.3, 0.4) is 0 Å². The van der Waals surface area contributed by atoms with Crippen LogP contribution in [0.15, 0.2) is 77.7 Å². The number of likely N-dealkylation sites (tertiary alicyclic amines) is 1. The molecule has 1 amide bonds. The third-order valence-electron chi connectivity index (χ3n) is 6.81. The highest BCUT2D eigenvalue weighted by Crippen LogP contribution is 2.32. The minimum absolute atomic E-state index is 0.0108. The van der Waals surface area contributed by atoms with E-state index in [0.717, 1.165) is 37.1 Å². The third-order valence-corrected chi connectivity index (χ3v) is 6.81. The number of aryl methyl sites for hydroxylation is 1. The zero-order valence-electron chi connectivity index (χ0n) is 21.7. The van der Waals surface area contributed by atoms with Crippen LogP contribution in [0, 0.1) is 13.8 Å². The van der Waals surface area contributed by atoms with E-state index in [9.17, 15) is 9.59 Å². The predicted molar refractivity (Wildman–Crippen MR) is 147 cm³/mol. The Bertz CT molecular complexity index is 1520. The number of amides is 1. The number of nitrogens with one attached hydrogen (secondary N) is 1. The molecule has 8 nitrogen and oxygen atoms in total. The molecule has 0 bridgehead atoms. The van der Waals surface area contributed by atoms with E-state index >= 15 is 0 Å². The summed E-state index contributed by atoms with van der Waals surface area (Å²) in [5.41, 5.74) is 3.61. The van der Waals surface area contributed by atoms with Crippen molar-refractivity contribution in [3.05, 3.63) is 100.0 Å². The van der Waals surface area contributed by atoms with Gasteiger partial charge in [-0.25, -0.2) is 0 Å². The van der Waals surface area contributed by atoms with Crippen LogP contribution in [0.4, 0.5) is 11.4 Å². The summed E-state index contributed by atoms with van der Waals surface area (Å²) in [6, 6.07) is 20.0. The largest absolute Gasteiger partial charge is 0.497 e. The number of benzene rings is 3. The molecule has 0 atom stereocenters. The zero-order chi connectivity index (χ0) is 26.6. The average Bonchev–Trinajstić information content (AvgIpc) is 3.48. The molecule has 1 aliphatic rings. The normalized spacial score (nSPS) is 12.9. The van der Waals surface area contributed by atoms with Crippen LogP contribution >= 0.6 is 0 Å². The highest BCUT2D eigenvalue weighted by Gasteiger charge is 2.21. The summed E-state index contributed by atoms with van der Waals surface area (Å²) >= 11 is 0. The van der Waals surface area contributed by atoms with Gasteiger partial charge in [0.2, 0.25) is 0 Å². The molecule has 1 aromatic heterocycles. The van der Waals surface area contributed by atoms with Crippen LogP contribution < -0.4 is 20.3 Å². The molecule has 0 radical (unpaired) electrons. The number of anilines is 2. The van der Waals surface area contributed by atoms with E-state index in [2.05, 4.69) is 10.4 Å². The van der Waals surface area contributed by atoms with E-state index in [0.29, 0.717) is 28.4 Å². The number of rotatable bonds is 7. The van der Waals surface area contributed by atoms with Crippen LogP contribution in [0.25, 0.3) is 5.69 Å². The zero-order valence-corrected chi connectivity index (χ0v) is 21.7. The number of carbonyl (C=O) groups is 1. The van der Waals surface area contributed by atoms with E-state index in [1.807, 2.05) is 43.0 Å². The first kappa shape index (κ1) is 25.1. The molecule has 1 N–H and O–H groups in total. The lowest BCUT2D eigenvalue weighted by Gasteiger charge is -2.18. The highest BCUT2D eigenvalue weighted by molar-refractivity contribution is 5.95. The summed E-state index contributed by atoms with van der Waals surface area (Å²) in [4.78, 5) is 28.6. The Balaban J connectivity index is 1.55. The number of ether oxygens (including phenoxy) is 2. The van der Waals surface area contributed by atoms with Crippen LogP contribution in [-0.4, -0.2) is 40.8 Å². The van der Waals surface area contributed by atoms with E-state index in [1.54, 1.807) is 49.6 Å². The van der Waals surface area contributed by atoms with Crippen molar-refractivity contribution in [3.63, 3.8) is 0 Å². The molecule has 38 heavy (non-hydrogen) atoms. The van der Waals surface area contributed by atoms with Crippen molar-refractivity contribution >= 4 is 17.3 Å². The number of hydrogen-bond donors (Lipinski definition) is 1. The molecule has 5 rings (SSSR count). The summed E-state index contributed by atoms with van der Waals surface area (Å²) in [5.74, 6) is 1.58. The Labute approximate surface area is 221 Å². The topological polar surface area (TPSA) is 85.7 Å². The number of methoxy groups -OCH3 is 1. The Morgan fingerprint density at radius 2 is 1.68 bits per heavy atom. The van der Waals surface area contributed by atoms with Crippen molar-refractivity contribution in [1.82, 2.24) is 14.7 Å². The molecule has 1 aliphatic heterocycles. The number of hydrogen-bond acceptors (Lipinski definition) is 6. The van der Waals surface area contributed by atoms with Gasteiger partial charge in [0.1, 0.15) is 11.5 Å². The molecular formula is C30H30N4O4.